The number of para-hydroxylation sites is 1. The number of aliphatic hydroxyl groups excluding tert-OH is 2. The van der Waals surface area contributed by atoms with Gasteiger partial charge < -0.3 is 14.9 Å². The Kier molecular flexibility index (Phi) is 4.94. The number of hydrogen-bond acceptors (Lipinski definition) is 3. The summed E-state index contributed by atoms with van der Waals surface area (Å²) in [6, 6.07) is 10.2. The van der Waals surface area contributed by atoms with Gasteiger partial charge in [0.25, 0.3) is 0 Å². The van der Waals surface area contributed by atoms with E-state index < -0.39 is 6.10 Å². The van der Waals surface area contributed by atoms with Crippen LogP contribution in [0.5, 0.6) is 11.5 Å². The molecule has 0 aromatic heterocycles. The second-order valence-electron chi connectivity index (χ2n) is 5.00. The predicted octanol–water partition coefficient (Wildman–Crippen LogP) is 3.51. The van der Waals surface area contributed by atoms with Crippen LogP contribution in [0.1, 0.15) is 29.7 Å². The van der Waals surface area contributed by atoms with Crippen LogP contribution in [-0.2, 0) is 6.42 Å². The van der Waals surface area contributed by atoms with Gasteiger partial charge >= 0.3 is 0 Å². The van der Waals surface area contributed by atoms with Crippen LogP contribution >= 0.6 is 0 Å². The first-order valence-electron chi connectivity index (χ1n) is 6.87. The van der Waals surface area contributed by atoms with Crippen LogP contribution in [-0.4, -0.2) is 16.8 Å². The molecule has 4 heteroatoms. The average molecular weight is 290 g/mol. The second kappa shape index (κ2) is 6.70. The van der Waals surface area contributed by atoms with Gasteiger partial charge in [-0.15, -0.1) is 0 Å². The fourth-order valence-corrected chi connectivity index (χ4v) is 2.13. The minimum atomic E-state index is -0.833. The first-order chi connectivity index (χ1) is 10.0. The SMILES string of the molecule is Cc1cc(Oc2ccccc2CCO)c([C@@H](C)O)cc1F. The molecule has 2 N–H and O–H groups in total. The van der Waals surface area contributed by atoms with Crippen molar-refractivity contribution in [1.82, 2.24) is 0 Å². The van der Waals surface area contributed by atoms with E-state index in [9.17, 15) is 9.50 Å². The van der Waals surface area contributed by atoms with Gasteiger partial charge in [0.05, 0.1) is 6.10 Å². The molecule has 2 aromatic carbocycles. The zero-order valence-corrected chi connectivity index (χ0v) is 12.1. The third kappa shape index (κ3) is 3.60. The molecule has 2 aromatic rings. The molecular weight excluding hydrogens is 271 g/mol. The van der Waals surface area contributed by atoms with Crippen LogP contribution < -0.4 is 4.74 Å². The summed E-state index contributed by atoms with van der Waals surface area (Å²) < 4.78 is 19.5. The monoisotopic (exact) mass is 290 g/mol. The lowest BCUT2D eigenvalue weighted by Crippen LogP contribution is -2.01. The Labute approximate surface area is 123 Å². The van der Waals surface area contributed by atoms with Crippen molar-refractivity contribution < 1.29 is 19.3 Å². The highest BCUT2D eigenvalue weighted by Gasteiger charge is 2.15. The number of rotatable bonds is 5. The summed E-state index contributed by atoms with van der Waals surface area (Å²) in [6.45, 7) is 3.23. The van der Waals surface area contributed by atoms with Crippen LogP contribution in [0.2, 0.25) is 0 Å². The topological polar surface area (TPSA) is 49.7 Å². The molecule has 21 heavy (non-hydrogen) atoms. The summed E-state index contributed by atoms with van der Waals surface area (Å²) in [5.41, 5.74) is 1.71. The normalized spacial score (nSPS) is 12.2. The molecule has 0 aliphatic rings. The van der Waals surface area contributed by atoms with Crippen molar-refractivity contribution in [3.05, 3.63) is 58.9 Å². The third-order valence-corrected chi connectivity index (χ3v) is 3.31. The summed E-state index contributed by atoms with van der Waals surface area (Å²) in [5, 5.41) is 18.9. The van der Waals surface area contributed by atoms with Crippen molar-refractivity contribution in [2.45, 2.75) is 26.4 Å². The summed E-state index contributed by atoms with van der Waals surface area (Å²) in [7, 11) is 0. The molecule has 0 fully saturated rings. The molecule has 0 saturated carbocycles. The number of ether oxygens (including phenoxy) is 1. The number of aryl methyl sites for hydroxylation is 1. The maximum absolute atomic E-state index is 13.7. The molecule has 2 rings (SSSR count). The molecule has 0 unspecified atom stereocenters. The largest absolute Gasteiger partial charge is 0.457 e. The lowest BCUT2D eigenvalue weighted by atomic mass is 10.1. The molecule has 0 amide bonds. The van der Waals surface area contributed by atoms with Gasteiger partial charge in [0.2, 0.25) is 0 Å². The molecule has 0 aliphatic carbocycles. The minimum absolute atomic E-state index is 0.0199. The van der Waals surface area contributed by atoms with Crippen molar-refractivity contribution in [3.63, 3.8) is 0 Å². The van der Waals surface area contributed by atoms with E-state index >= 15 is 0 Å². The minimum Gasteiger partial charge on any atom is -0.457 e. The molecule has 0 saturated heterocycles. The Hall–Kier alpha value is -1.91. The highest BCUT2D eigenvalue weighted by atomic mass is 19.1. The number of halogens is 1. The molecular formula is C17H19FO3. The maximum Gasteiger partial charge on any atom is 0.133 e. The lowest BCUT2D eigenvalue weighted by molar-refractivity contribution is 0.195. The molecule has 0 radical (unpaired) electrons. The quantitative estimate of drug-likeness (QED) is 0.886. The zero-order chi connectivity index (χ0) is 15.4. The average Bonchev–Trinajstić information content (AvgIpc) is 2.44. The van der Waals surface area contributed by atoms with E-state index in [0.717, 1.165) is 5.56 Å². The van der Waals surface area contributed by atoms with Crippen molar-refractivity contribution in [3.8, 4) is 11.5 Å². The molecule has 0 heterocycles. The van der Waals surface area contributed by atoms with Crippen LogP contribution in [0.4, 0.5) is 4.39 Å². The van der Waals surface area contributed by atoms with Gasteiger partial charge in [-0.05, 0) is 49.6 Å². The summed E-state index contributed by atoms with van der Waals surface area (Å²) in [5.74, 6) is 0.649. The highest BCUT2D eigenvalue weighted by molar-refractivity contribution is 5.44. The summed E-state index contributed by atoms with van der Waals surface area (Å²) >= 11 is 0. The first-order valence-corrected chi connectivity index (χ1v) is 6.87. The third-order valence-electron chi connectivity index (χ3n) is 3.31. The Morgan fingerprint density at radius 3 is 2.57 bits per heavy atom. The molecule has 112 valence electrons. The van der Waals surface area contributed by atoms with E-state index in [0.29, 0.717) is 29.0 Å². The summed E-state index contributed by atoms with van der Waals surface area (Å²) in [4.78, 5) is 0. The van der Waals surface area contributed by atoms with Gasteiger partial charge in [-0.3, -0.25) is 0 Å². The first kappa shape index (κ1) is 15.5. The molecule has 0 aliphatic heterocycles. The van der Waals surface area contributed by atoms with Gasteiger partial charge in [0.1, 0.15) is 17.3 Å². The highest BCUT2D eigenvalue weighted by Crippen LogP contribution is 2.33. The predicted molar refractivity (Wildman–Crippen MR) is 79.1 cm³/mol. The van der Waals surface area contributed by atoms with E-state index in [1.54, 1.807) is 26.0 Å². The maximum atomic E-state index is 13.7. The van der Waals surface area contributed by atoms with Crippen molar-refractivity contribution >= 4 is 0 Å². The fourth-order valence-electron chi connectivity index (χ4n) is 2.13. The fraction of sp³-hybridized carbons (Fsp3) is 0.294. The van der Waals surface area contributed by atoms with Crippen LogP contribution in [0.15, 0.2) is 36.4 Å². The zero-order valence-electron chi connectivity index (χ0n) is 12.1. The Morgan fingerprint density at radius 2 is 1.90 bits per heavy atom. The smallest absolute Gasteiger partial charge is 0.133 e. The second-order valence-corrected chi connectivity index (χ2v) is 5.00. The van der Waals surface area contributed by atoms with Crippen molar-refractivity contribution in [2.75, 3.05) is 6.61 Å². The van der Waals surface area contributed by atoms with E-state index in [-0.39, 0.29) is 12.4 Å². The van der Waals surface area contributed by atoms with Gasteiger partial charge in [0, 0.05) is 12.2 Å². The van der Waals surface area contributed by atoms with Crippen LogP contribution in [0.3, 0.4) is 0 Å². The van der Waals surface area contributed by atoms with Crippen molar-refractivity contribution in [2.24, 2.45) is 0 Å². The van der Waals surface area contributed by atoms with Gasteiger partial charge in [-0.2, -0.15) is 0 Å². The molecule has 3 nitrogen and oxygen atoms in total. The molecule has 0 spiro atoms. The standard InChI is InChI=1S/C17H19FO3/c1-11-9-17(14(12(2)20)10-15(11)18)21-16-6-4-3-5-13(16)7-8-19/h3-6,9-10,12,19-20H,7-8H2,1-2H3/t12-/m1/s1. The van der Waals surface area contributed by atoms with Gasteiger partial charge in [-0.25, -0.2) is 4.39 Å². The summed E-state index contributed by atoms with van der Waals surface area (Å²) in [6.07, 6.45) is -0.361. The van der Waals surface area contributed by atoms with E-state index in [1.165, 1.54) is 6.07 Å². The molecule has 1 atom stereocenters. The van der Waals surface area contributed by atoms with Crippen LogP contribution in [0.25, 0.3) is 0 Å². The molecule has 0 bridgehead atoms. The van der Waals surface area contributed by atoms with Gasteiger partial charge in [0.15, 0.2) is 0 Å². The van der Waals surface area contributed by atoms with E-state index in [4.69, 9.17) is 9.84 Å². The number of benzene rings is 2. The van der Waals surface area contributed by atoms with Gasteiger partial charge in [-0.1, -0.05) is 18.2 Å². The Morgan fingerprint density at radius 1 is 1.19 bits per heavy atom. The Balaban J connectivity index is 2.41. The van der Waals surface area contributed by atoms with E-state index in [2.05, 4.69) is 0 Å². The van der Waals surface area contributed by atoms with Crippen LogP contribution in [0, 0.1) is 12.7 Å². The lowest BCUT2D eigenvalue weighted by Gasteiger charge is -2.16. The van der Waals surface area contributed by atoms with Crippen molar-refractivity contribution in [1.29, 1.82) is 0 Å². The number of aliphatic hydroxyl groups is 2. The Bertz CT molecular complexity index is 623. The number of hydrogen-bond donors (Lipinski definition) is 2. The van der Waals surface area contributed by atoms with E-state index in [1.807, 2.05) is 18.2 Å².